The van der Waals surface area contributed by atoms with E-state index in [1.54, 1.807) is 0 Å². The summed E-state index contributed by atoms with van der Waals surface area (Å²) < 4.78 is 6.34. The number of halogens is 1. The van der Waals surface area contributed by atoms with Crippen molar-refractivity contribution < 1.29 is 9.53 Å². The van der Waals surface area contributed by atoms with Crippen LogP contribution in [0.5, 0.6) is 0 Å². The molecule has 2 aromatic rings. The molecule has 1 heterocycles. The molecule has 1 atom stereocenters. The molecule has 6 heteroatoms. The minimum absolute atomic E-state index is 0.288. The van der Waals surface area contributed by atoms with E-state index < -0.39 is 11.7 Å². The third kappa shape index (κ3) is 4.10. The van der Waals surface area contributed by atoms with E-state index in [1.807, 2.05) is 45.2 Å². The van der Waals surface area contributed by atoms with Gasteiger partial charge in [0.05, 0.1) is 5.52 Å². The minimum atomic E-state index is -0.509. The molecule has 5 nitrogen and oxygen atoms in total. The molecule has 0 radical (unpaired) electrons. The van der Waals surface area contributed by atoms with Gasteiger partial charge in [0, 0.05) is 27.7 Å². The molecule has 0 bridgehead atoms. The smallest absolute Gasteiger partial charge is 0.407 e. The fourth-order valence-electron chi connectivity index (χ4n) is 2.06. The van der Waals surface area contributed by atoms with Crippen LogP contribution >= 0.6 is 22.6 Å². The number of amides is 1. The van der Waals surface area contributed by atoms with E-state index in [0.717, 1.165) is 20.0 Å². The number of ether oxygens (including phenoxy) is 1. The lowest BCUT2D eigenvalue weighted by molar-refractivity contribution is 0.0524. The van der Waals surface area contributed by atoms with Crippen LogP contribution in [0.25, 0.3) is 10.9 Å². The van der Waals surface area contributed by atoms with Crippen molar-refractivity contribution in [1.82, 2.24) is 10.3 Å². The Hall–Kier alpha value is -1.28. The topological polar surface area (TPSA) is 80.1 Å². The number of para-hydroxylation sites is 1. The largest absolute Gasteiger partial charge is 0.444 e. The molecule has 0 aliphatic carbocycles. The normalized spacial score (nSPS) is 13.2. The highest BCUT2D eigenvalue weighted by Gasteiger charge is 2.18. The summed E-state index contributed by atoms with van der Waals surface area (Å²) in [5, 5.41) is 3.79. The average Bonchev–Trinajstić information content (AvgIpc) is 2.79. The van der Waals surface area contributed by atoms with Crippen LogP contribution in [0.1, 0.15) is 32.4 Å². The van der Waals surface area contributed by atoms with Crippen LogP contribution in [0.4, 0.5) is 4.79 Å². The number of aromatic nitrogens is 1. The zero-order valence-electron chi connectivity index (χ0n) is 12.4. The predicted molar refractivity (Wildman–Crippen MR) is 92.2 cm³/mol. The van der Waals surface area contributed by atoms with E-state index >= 15 is 0 Å². The van der Waals surface area contributed by atoms with E-state index in [9.17, 15) is 4.79 Å². The minimum Gasteiger partial charge on any atom is -0.444 e. The van der Waals surface area contributed by atoms with Crippen LogP contribution in [0.15, 0.2) is 24.4 Å². The van der Waals surface area contributed by atoms with E-state index in [4.69, 9.17) is 10.5 Å². The van der Waals surface area contributed by atoms with Crippen LogP contribution < -0.4 is 11.1 Å². The number of fused-ring (bicyclic) bond motifs is 1. The SMILES string of the molecule is CC(C)(C)OC(=O)NCC(N)c1c[nH]c2c(I)cccc12. The van der Waals surface area contributed by atoms with Crippen molar-refractivity contribution in [3.05, 3.63) is 33.5 Å². The van der Waals surface area contributed by atoms with Gasteiger partial charge in [-0.3, -0.25) is 0 Å². The number of alkyl carbamates (subject to hydrolysis) is 1. The number of nitrogens with two attached hydrogens (primary N) is 1. The van der Waals surface area contributed by atoms with E-state index in [0.29, 0.717) is 6.54 Å². The van der Waals surface area contributed by atoms with Crippen LogP contribution in [0, 0.1) is 3.57 Å². The van der Waals surface area contributed by atoms with Crippen molar-refractivity contribution in [1.29, 1.82) is 0 Å². The maximum atomic E-state index is 11.7. The lowest BCUT2D eigenvalue weighted by Gasteiger charge is -2.20. The lowest BCUT2D eigenvalue weighted by Crippen LogP contribution is -2.36. The Morgan fingerprint density at radius 3 is 2.86 bits per heavy atom. The van der Waals surface area contributed by atoms with Crippen molar-refractivity contribution in [2.45, 2.75) is 32.4 Å². The molecule has 0 saturated heterocycles. The monoisotopic (exact) mass is 401 g/mol. The van der Waals surface area contributed by atoms with Gasteiger partial charge in [0.25, 0.3) is 0 Å². The second-order valence-electron chi connectivity index (χ2n) is 5.90. The van der Waals surface area contributed by atoms with Crippen molar-refractivity contribution in [2.24, 2.45) is 5.73 Å². The molecular weight excluding hydrogens is 381 g/mol. The molecular formula is C15H20IN3O2. The van der Waals surface area contributed by atoms with Crippen molar-refractivity contribution >= 4 is 39.6 Å². The number of hydrogen-bond acceptors (Lipinski definition) is 3. The highest BCUT2D eigenvalue weighted by atomic mass is 127. The van der Waals surface area contributed by atoms with Crippen LogP contribution in [0.2, 0.25) is 0 Å². The Kier molecular flexibility index (Phi) is 4.77. The average molecular weight is 401 g/mol. The fraction of sp³-hybridized carbons (Fsp3) is 0.400. The third-order valence-corrected chi connectivity index (χ3v) is 3.86. The summed E-state index contributed by atoms with van der Waals surface area (Å²) in [6.45, 7) is 5.81. The number of H-pyrrole nitrogens is 1. The summed E-state index contributed by atoms with van der Waals surface area (Å²) in [6, 6.07) is 5.77. The molecule has 21 heavy (non-hydrogen) atoms. The third-order valence-electron chi connectivity index (χ3n) is 2.96. The van der Waals surface area contributed by atoms with Crippen molar-refractivity contribution in [3.63, 3.8) is 0 Å². The molecule has 1 unspecified atom stereocenters. The Bertz CT molecular complexity index is 646. The van der Waals surface area contributed by atoms with Gasteiger partial charge in [-0.05, 0) is 55.0 Å². The van der Waals surface area contributed by atoms with E-state index in [2.05, 4.69) is 32.9 Å². The van der Waals surface area contributed by atoms with Gasteiger partial charge in [-0.1, -0.05) is 12.1 Å². The quantitative estimate of drug-likeness (QED) is 0.691. The molecule has 0 saturated carbocycles. The molecule has 4 N–H and O–H groups in total. The van der Waals surface area contributed by atoms with Crippen molar-refractivity contribution in [3.8, 4) is 0 Å². The molecule has 0 spiro atoms. The second-order valence-corrected chi connectivity index (χ2v) is 7.06. The molecule has 1 amide bonds. The Labute approximate surface area is 137 Å². The lowest BCUT2D eigenvalue weighted by atomic mass is 10.1. The maximum Gasteiger partial charge on any atom is 0.407 e. The number of nitrogens with one attached hydrogen (secondary N) is 2. The summed E-state index contributed by atoms with van der Waals surface area (Å²) in [7, 11) is 0. The zero-order valence-corrected chi connectivity index (χ0v) is 14.5. The van der Waals surface area contributed by atoms with Gasteiger partial charge in [-0.2, -0.15) is 0 Å². The molecule has 1 aromatic carbocycles. The molecule has 0 aliphatic rings. The van der Waals surface area contributed by atoms with E-state index in [1.165, 1.54) is 0 Å². The van der Waals surface area contributed by atoms with Crippen LogP contribution in [0.3, 0.4) is 0 Å². The Morgan fingerprint density at radius 2 is 2.19 bits per heavy atom. The van der Waals surface area contributed by atoms with Gasteiger partial charge >= 0.3 is 6.09 Å². The summed E-state index contributed by atoms with van der Waals surface area (Å²) in [5.74, 6) is 0. The number of carbonyl (C=O) groups excluding carboxylic acids is 1. The summed E-state index contributed by atoms with van der Waals surface area (Å²) in [4.78, 5) is 14.9. The number of aromatic amines is 1. The van der Waals surface area contributed by atoms with Gasteiger partial charge < -0.3 is 20.8 Å². The summed E-state index contributed by atoms with van der Waals surface area (Å²) in [5.41, 5.74) is 7.72. The van der Waals surface area contributed by atoms with Crippen LogP contribution in [-0.4, -0.2) is 23.2 Å². The second kappa shape index (κ2) is 6.23. The first-order valence-electron chi connectivity index (χ1n) is 6.76. The van der Waals surface area contributed by atoms with Crippen molar-refractivity contribution in [2.75, 3.05) is 6.54 Å². The molecule has 0 fully saturated rings. The number of hydrogen-bond donors (Lipinski definition) is 3. The first-order chi connectivity index (χ1) is 9.78. The highest BCUT2D eigenvalue weighted by molar-refractivity contribution is 14.1. The summed E-state index contributed by atoms with van der Waals surface area (Å²) in [6.07, 6.45) is 1.45. The molecule has 114 valence electrons. The molecule has 1 aromatic heterocycles. The maximum absolute atomic E-state index is 11.7. The number of benzene rings is 1. The summed E-state index contributed by atoms with van der Waals surface area (Å²) >= 11 is 2.28. The number of carbonyl (C=O) groups is 1. The number of rotatable bonds is 3. The van der Waals surface area contributed by atoms with E-state index in [-0.39, 0.29) is 6.04 Å². The van der Waals surface area contributed by atoms with Crippen LogP contribution in [-0.2, 0) is 4.74 Å². The van der Waals surface area contributed by atoms with Gasteiger partial charge in [-0.15, -0.1) is 0 Å². The first-order valence-corrected chi connectivity index (χ1v) is 7.84. The standard InChI is InChI=1S/C15H20IN3O2/c1-15(2,3)21-14(20)19-8-12(17)10-7-18-13-9(10)5-4-6-11(13)16/h4-7,12,18H,8,17H2,1-3H3,(H,19,20). The first kappa shape index (κ1) is 16.1. The van der Waals surface area contributed by atoms with Gasteiger partial charge in [-0.25, -0.2) is 4.79 Å². The highest BCUT2D eigenvalue weighted by Crippen LogP contribution is 2.26. The zero-order chi connectivity index (χ0) is 15.6. The Morgan fingerprint density at radius 1 is 1.48 bits per heavy atom. The van der Waals surface area contributed by atoms with Gasteiger partial charge in [0.15, 0.2) is 0 Å². The van der Waals surface area contributed by atoms with Gasteiger partial charge in [0.1, 0.15) is 5.60 Å². The Balaban J connectivity index is 2.04. The van der Waals surface area contributed by atoms with Gasteiger partial charge in [0.2, 0.25) is 0 Å². The fourth-order valence-corrected chi connectivity index (χ4v) is 2.72. The predicted octanol–water partition coefficient (Wildman–Crippen LogP) is 3.30. The molecule has 0 aliphatic heterocycles. The molecule has 2 rings (SSSR count).